The molecule has 0 bridgehead atoms. The van der Waals surface area contributed by atoms with E-state index in [2.05, 4.69) is 15.2 Å². The van der Waals surface area contributed by atoms with Crippen LogP contribution in [-0.2, 0) is 10.0 Å². The summed E-state index contributed by atoms with van der Waals surface area (Å²) >= 11 is 11.5. The van der Waals surface area contributed by atoms with Gasteiger partial charge in [0.2, 0.25) is 0 Å². The van der Waals surface area contributed by atoms with E-state index >= 15 is 0 Å². The van der Waals surface area contributed by atoms with E-state index in [0.717, 1.165) is 12.1 Å². The number of hydrogen-bond donors (Lipinski definition) is 2. The lowest BCUT2D eigenvalue weighted by atomic mass is 10.2. The Labute approximate surface area is 197 Å². The Morgan fingerprint density at radius 1 is 0.879 bits per heavy atom. The third-order valence-electron chi connectivity index (χ3n) is 4.14. The van der Waals surface area contributed by atoms with Crippen molar-refractivity contribution in [3.8, 4) is 0 Å². The molecule has 0 amide bonds. The van der Waals surface area contributed by atoms with E-state index in [0.29, 0.717) is 10.6 Å². The topological polar surface area (TPSA) is 157 Å². The van der Waals surface area contributed by atoms with Gasteiger partial charge >= 0.3 is 0 Å². The molecule has 0 unspecified atom stereocenters. The number of halogens is 2. The summed E-state index contributed by atoms with van der Waals surface area (Å²) in [4.78, 5) is 20.7. The molecule has 0 aliphatic carbocycles. The van der Waals surface area contributed by atoms with Crippen molar-refractivity contribution >= 4 is 62.2 Å². The number of nitro benzene ring substituents is 2. The number of hydrogen-bond acceptors (Lipinski definition) is 8. The van der Waals surface area contributed by atoms with Crippen LogP contribution in [0.4, 0.5) is 22.7 Å². The first kappa shape index (κ1) is 23.9. The standard InChI is InChI=1S/C19H13Cl2N5O6S/c20-13-2-4-14(5-3-13)24-33(31,32)15-6-8-17(19(10-15)26(29)30)23-22-11-12-1-7-16(21)18(9-12)25(27)28/h1-11,23-24H/b22-11+. The second-order valence-electron chi connectivity index (χ2n) is 6.39. The Morgan fingerprint density at radius 3 is 2.18 bits per heavy atom. The summed E-state index contributed by atoms with van der Waals surface area (Å²) in [6.07, 6.45) is 1.19. The maximum atomic E-state index is 12.6. The smallest absolute Gasteiger partial charge is 0.280 e. The van der Waals surface area contributed by atoms with Gasteiger partial charge in [0.1, 0.15) is 10.7 Å². The van der Waals surface area contributed by atoms with E-state index in [-0.39, 0.29) is 27.0 Å². The first-order valence-corrected chi connectivity index (χ1v) is 11.1. The van der Waals surface area contributed by atoms with Gasteiger partial charge < -0.3 is 0 Å². The van der Waals surface area contributed by atoms with E-state index < -0.39 is 25.6 Å². The molecule has 170 valence electrons. The van der Waals surface area contributed by atoms with Crippen molar-refractivity contribution in [1.29, 1.82) is 0 Å². The van der Waals surface area contributed by atoms with E-state index in [1.54, 1.807) is 0 Å². The molecule has 3 aromatic rings. The van der Waals surface area contributed by atoms with Gasteiger partial charge in [-0.15, -0.1) is 0 Å². The molecule has 0 fully saturated rings. The average Bonchev–Trinajstić information content (AvgIpc) is 2.76. The van der Waals surface area contributed by atoms with Gasteiger partial charge in [0.15, 0.2) is 0 Å². The zero-order valence-corrected chi connectivity index (χ0v) is 18.6. The molecule has 3 rings (SSSR count). The van der Waals surface area contributed by atoms with Crippen LogP contribution in [0.3, 0.4) is 0 Å². The van der Waals surface area contributed by atoms with Gasteiger partial charge in [-0.1, -0.05) is 29.3 Å². The van der Waals surface area contributed by atoms with Crippen LogP contribution in [0.15, 0.2) is 70.7 Å². The molecule has 0 saturated carbocycles. The SMILES string of the molecule is O=[N+]([O-])c1cc(/C=N/Nc2ccc(S(=O)(=O)Nc3ccc(Cl)cc3)cc2[N+](=O)[O-])ccc1Cl. The highest BCUT2D eigenvalue weighted by Crippen LogP contribution is 2.29. The molecule has 0 heterocycles. The fourth-order valence-electron chi connectivity index (χ4n) is 2.58. The highest BCUT2D eigenvalue weighted by Gasteiger charge is 2.21. The number of hydrazone groups is 1. The van der Waals surface area contributed by atoms with Crippen LogP contribution in [0, 0.1) is 20.2 Å². The summed E-state index contributed by atoms with van der Waals surface area (Å²) in [6, 6.07) is 13.0. The fraction of sp³-hybridized carbons (Fsp3) is 0. The van der Waals surface area contributed by atoms with Gasteiger partial charge in [-0.25, -0.2) is 8.42 Å². The monoisotopic (exact) mass is 509 g/mol. The molecule has 0 spiro atoms. The Bertz CT molecular complexity index is 1360. The molecule has 33 heavy (non-hydrogen) atoms. The van der Waals surface area contributed by atoms with Gasteiger partial charge in [-0.3, -0.25) is 30.4 Å². The number of benzene rings is 3. The van der Waals surface area contributed by atoms with Crippen LogP contribution in [0.25, 0.3) is 0 Å². The second-order valence-corrected chi connectivity index (χ2v) is 8.91. The third kappa shape index (κ3) is 5.94. The van der Waals surface area contributed by atoms with E-state index in [9.17, 15) is 28.6 Å². The fourth-order valence-corrected chi connectivity index (χ4v) is 3.97. The molecule has 2 N–H and O–H groups in total. The van der Waals surface area contributed by atoms with E-state index in [1.165, 1.54) is 54.7 Å². The Balaban J connectivity index is 1.83. The molecule has 0 aromatic heterocycles. The Morgan fingerprint density at radius 2 is 1.55 bits per heavy atom. The van der Waals surface area contributed by atoms with Crippen LogP contribution >= 0.6 is 23.2 Å². The van der Waals surface area contributed by atoms with Crippen LogP contribution < -0.4 is 10.1 Å². The Hall–Kier alpha value is -3.74. The zero-order chi connectivity index (χ0) is 24.2. The first-order valence-electron chi connectivity index (χ1n) is 8.86. The molecular formula is C19H13Cl2N5O6S. The number of nitrogens with one attached hydrogen (secondary N) is 2. The lowest BCUT2D eigenvalue weighted by Gasteiger charge is -2.09. The summed E-state index contributed by atoms with van der Waals surface area (Å²) in [5, 5.41) is 26.6. The van der Waals surface area contributed by atoms with Crippen molar-refractivity contribution in [3.63, 3.8) is 0 Å². The maximum absolute atomic E-state index is 12.6. The van der Waals surface area contributed by atoms with Crippen LogP contribution in [-0.4, -0.2) is 24.5 Å². The normalized spacial score (nSPS) is 11.3. The minimum Gasteiger partial charge on any atom is -0.280 e. The molecule has 0 radical (unpaired) electrons. The number of sulfonamides is 1. The van der Waals surface area contributed by atoms with Gasteiger partial charge in [-0.2, -0.15) is 5.10 Å². The van der Waals surface area contributed by atoms with Crippen molar-refractivity contribution < 1.29 is 18.3 Å². The van der Waals surface area contributed by atoms with E-state index in [1.807, 2.05) is 0 Å². The molecule has 0 saturated heterocycles. The van der Waals surface area contributed by atoms with Crippen LogP contribution in [0.1, 0.15) is 5.56 Å². The van der Waals surface area contributed by atoms with Crippen molar-refractivity contribution in [3.05, 3.63) is 96.5 Å². The highest BCUT2D eigenvalue weighted by molar-refractivity contribution is 7.92. The van der Waals surface area contributed by atoms with Crippen molar-refractivity contribution in [2.45, 2.75) is 4.90 Å². The number of anilines is 2. The molecule has 14 heteroatoms. The Kier molecular flexibility index (Phi) is 7.11. The third-order valence-corrected chi connectivity index (χ3v) is 6.09. The number of nitro groups is 2. The lowest BCUT2D eigenvalue weighted by Crippen LogP contribution is -2.13. The minimum atomic E-state index is -4.12. The predicted octanol–water partition coefficient (Wildman–Crippen LogP) is 5.06. The number of rotatable bonds is 8. The van der Waals surface area contributed by atoms with Crippen molar-refractivity contribution in [1.82, 2.24) is 0 Å². The molecule has 3 aromatic carbocycles. The first-order chi connectivity index (χ1) is 15.6. The van der Waals surface area contributed by atoms with Crippen molar-refractivity contribution in [2.24, 2.45) is 5.10 Å². The summed E-state index contributed by atoms with van der Waals surface area (Å²) in [6.45, 7) is 0. The van der Waals surface area contributed by atoms with Gasteiger partial charge in [0.05, 0.1) is 21.0 Å². The van der Waals surface area contributed by atoms with E-state index in [4.69, 9.17) is 23.2 Å². The maximum Gasteiger partial charge on any atom is 0.295 e. The minimum absolute atomic E-state index is 0.0512. The van der Waals surface area contributed by atoms with Gasteiger partial charge in [0, 0.05) is 28.4 Å². The largest absolute Gasteiger partial charge is 0.295 e. The summed E-state index contributed by atoms with van der Waals surface area (Å²) in [5.74, 6) is 0. The lowest BCUT2D eigenvalue weighted by molar-refractivity contribution is -0.384. The molecule has 0 aliphatic rings. The summed E-state index contributed by atoms with van der Waals surface area (Å²) < 4.78 is 27.5. The number of nitrogens with zero attached hydrogens (tertiary/aromatic N) is 3. The molecule has 11 nitrogen and oxygen atoms in total. The molecule has 0 aliphatic heterocycles. The summed E-state index contributed by atoms with van der Waals surface area (Å²) in [5.41, 5.74) is 2.01. The molecule has 0 atom stereocenters. The van der Waals surface area contributed by atoms with Gasteiger partial charge in [0.25, 0.3) is 21.4 Å². The van der Waals surface area contributed by atoms with Crippen LogP contribution in [0.5, 0.6) is 0 Å². The quantitative estimate of drug-likeness (QED) is 0.244. The van der Waals surface area contributed by atoms with Crippen molar-refractivity contribution in [2.75, 3.05) is 10.1 Å². The van der Waals surface area contributed by atoms with Crippen LogP contribution in [0.2, 0.25) is 10.0 Å². The second kappa shape index (κ2) is 9.81. The molecular weight excluding hydrogens is 497 g/mol. The summed E-state index contributed by atoms with van der Waals surface area (Å²) in [7, 11) is -4.12. The predicted molar refractivity (Wildman–Crippen MR) is 125 cm³/mol. The van der Waals surface area contributed by atoms with Gasteiger partial charge in [-0.05, 0) is 42.5 Å². The highest BCUT2D eigenvalue weighted by atomic mass is 35.5. The average molecular weight is 510 g/mol. The zero-order valence-electron chi connectivity index (χ0n) is 16.3.